The van der Waals surface area contributed by atoms with E-state index in [9.17, 15) is 8.78 Å². The lowest BCUT2D eigenvalue weighted by molar-refractivity contribution is 0.565. The number of nitrogen functional groups attached to an aromatic ring is 1. The van der Waals surface area contributed by atoms with E-state index in [2.05, 4.69) is 10.3 Å². The molecule has 0 saturated carbocycles. The fraction of sp³-hybridized carbons (Fsp3) is 0.444. The summed E-state index contributed by atoms with van der Waals surface area (Å²) < 4.78 is 25.9. The van der Waals surface area contributed by atoms with Crippen molar-refractivity contribution in [1.82, 2.24) is 4.98 Å². The molecule has 0 aromatic carbocycles. The summed E-state index contributed by atoms with van der Waals surface area (Å²) in [4.78, 5) is 3.57. The average Bonchev–Trinajstić information content (AvgIpc) is 1.97. The maximum atomic E-state index is 13.1. The first-order valence-electron chi connectivity index (χ1n) is 4.19. The second-order valence-electron chi connectivity index (χ2n) is 4.06. The van der Waals surface area contributed by atoms with Gasteiger partial charge in [-0.05, 0) is 20.8 Å². The number of aromatic nitrogens is 1. The second-order valence-corrected chi connectivity index (χ2v) is 4.06. The first-order chi connectivity index (χ1) is 6.29. The van der Waals surface area contributed by atoms with Crippen LogP contribution in [-0.2, 0) is 0 Å². The van der Waals surface area contributed by atoms with Gasteiger partial charge in [0.05, 0.1) is 0 Å². The standard InChI is InChI=1S/C9H13F2N3/c1-9(2,3)14-8-6(11)4-5(10)7(12)13-8/h4H,1-3H3,(H3,12,13,14). The number of nitrogens with one attached hydrogen (secondary N) is 1. The zero-order chi connectivity index (χ0) is 10.9. The Balaban J connectivity index is 3.04. The van der Waals surface area contributed by atoms with Crippen molar-refractivity contribution in [2.75, 3.05) is 11.1 Å². The summed E-state index contributed by atoms with van der Waals surface area (Å²) in [5.41, 5.74) is 4.87. The first kappa shape index (κ1) is 10.7. The fourth-order valence-electron chi connectivity index (χ4n) is 0.924. The van der Waals surface area contributed by atoms with Gasteiger partial charge < -0.3 is 11.1 Å². The van der Waals surface area contributed by atoms with Gasteiger partial charge in [0.15, 0.2) is 23.3 Å². The molecule has 1 heterocycles. The van der Waals surface area contributed by atoms with E-state index < -0.39 is 11.6 Å². The van der Waals surface area contributed by atoms with Gasteiger partial charge >= 0.3 is 0 Å². The lowest BCUT2D eigenvalue weighted by Gasteiger charge is -2.21. The van der Waals surface area contributed by atoms with Crippen LogP contribution in [0.1, 0.15) is 20.8 Å². The smallest absolute Gasteiger partial charge is 0.168 e. The maximum Gasteiger partial charge on any atom is 0.168 e. The van der Waals surface area contributed by atoms with Gasteiger partial charge in [-0.1, -0.05) is 0 Å². The minimum absolute atomic E-state index is 0.0311. The zero-order valence-electron chi connectivity index (χ0n) is 8.36. The topological polar surface area (TPSA) is 50.9 Å². The Morgan fingerprint density at radius 1 is 1.29 bits per heavy atom. The molecule has 0 aliphatic heterocycles. The highest BCUT2D eigenvalue weighted by molar-refractivity contribution is 5.46. The highest BCUT2D eigenvalue weighted by Gasteiger charge is 2.15. The summed E-state index contributed by atoms with van der Waals surface area (Å²) in [6.45, 7) is 5.52. The predicted molar refractivity (Wildman–Crippen MR) is 51.9 cm³/mol. The van der Waals surface area contributed by atoms with E-state index in [0.29, 0.717) is 0 Å². The Hall–Kier alpha value is -1.39. The van der Waals surface area contributed by atoms with Gasteiger partial charge in [0, 0.05) is 11.6 Å². The SMILES string of the molecule is CC(C)(C)Nc1nc(N)c(F)cc1F. The molecule has 1 aromatic rings. The van der Waals surface area contributed by atoms with Crippen molar-refractivity contribution in [2.24, 2.45) is 0 Å². The van der Waals surface area contributed by atoms with E-state index in [1.165, 1.54) is 0 Å². The van der Waals surface area contributed by atoms with Crippen LogP contribution in [-0.4, -0.2) is 10.5 Å². The Bertz CT molecular complexity index is 345. The van der Waals surface area contributed by atoms with Crippen molar-refractivity contribution in [3.8, 4) is 0 Å². The Morgan fingerprint density at radius 2 is 1.86 bits per heavy atom. The largest absolute Gasteiger partial charge is 0.381 e. The third-order valence-electron chi connectivity index (χ3n) is 1.45. The fourth-order valence-corrected chi connectivity index (χ4v) is 0.924. The third kappa shape index (κ3) is 2.55. The molecule has 0 bridgehead atoms. The second kappa shape index (κ2) is 3.40. The highest BCUT2D eigenvalue weighted by atomic mass is 19.1. The van der Waals surface area contributed by atoms with Gasteiger partial charge in [-0.2, -0.15) is 0 Å². The zero-order valence-corrected chi connectivity index (χ0v) is 8.36. The lowest BCUT2D eigenvalue weighted by atomic mass is 10.1. The summed E-state index contributed by atoms with van der Waals surface area (Å²) >= 11 is 0. The Morgan fingerprint density at radius 3 is 2.36 bits per heavy atom. The molecule has 14 heavy (non-hydrogen) atoms. The van der Waals surface area contributed by atoms with Crippen LogP contribution in [0.15, 0.2) is 6.07 Å². The number of rotatable bonds is 1. The predicted octanol–water partition coefficient (Wildman–Crippen LogP) is 2.15. The molecule has 0 saturated heterocycles. The molecule has 0 aliphatic carbocycles. The molecule has 0 fully saturated rings. The molecule has 3 nitrogen and oxygen atoms in total. The number of pyridine rings is 1. The molecule has 0 unspecified atom stereocenters. The molecule has 78 valence electrons. The molecule has 1 aromatic heterocycles. The summed E-state index contributed by atoms with van der Waals surface area (Å²) in [5.74, 6) is -1.93. The van der Waals surface area contributed by atoms with E-state index in [-0.39, 0.29) is 17.2 Å². The molecule has 0 amide bonds. The molecule has 3 N–H and O–H groups in total. The Labute approximate surface area is 81.3 Å². The number of nitrogens with zero attached hydrogens (tertiary/aromatic N) is 1. The van der Waals surface area contributed by atoms with E-state index in [1.54, 1.807) is 0 Å². The van der Waals surface area contributed by atoms with Gasteiger partial charge in [-0.25, -0.2) is 13.8 Å². The molecule has 0 atom stereocenters. The summed E-state index contributed by atoms with van der Waals surface area (Å²) in [6, 6.07) is 0.719. The van der Waals surface area contributed by atoms with E-state index in [4.69, 9.17) is 5.73 Å². The van der Waals surface area contributed by atoms with Gasteiger partial charge in [0.25, 0.3) is 0 Å². The number of anilines is 2. The Kier molecular flexibility index (Phi) is 2.59. The van der Waals surface area contributed by atoms with Crippen molar-refractivity contribution in [3.63, 3.8) is 0 Å². The monoisotopic (exact) mass is 201 g/mol. The van der Waals surface area contributed by atoms with E-state index in [1.807, 2.05) is 20.8 Å². The molecule has 0 radical (unpaired) electrons. The van der Waals surface area contributed by atoms with Crippen molar-refractivity contribution in [1.29, 1.82) is 0 Å². The number of hydrogen-bond donors (Lipinski definition) is 2. The molecular weight excluding hydrogens is 188 g/mol. The summed E-state index contributed by atoms with van der Waals surface area (Å²) in [7, 11) is 0. The molecule has 5 heteroatoms. The molecule has 0 spiro atoms. The average molecular weight is 201 g/mol. The maximum absolute atomic E-state index is 13.1. The van der Waals surface area contributed by atoms with Crippen molar-refractivity contribution < 1.29 is 8.78 Å². The molecule has 0 aliphatic rings. The minimum atomic E-state index is -0.845. The van der Waals surface area contributed by atoms with Crippen LogP contribution in [0.4, 0.5) is 20.4 Å². The molecular formula is C9H13F2N3. The van der Waals surface area contributed by atoms with Crippen LogP contribution < -0.4 is 11.1 Å². The van der Waals surface area contributed by atoms with Crippen LogP contribution in [0.25, 0.3) is 0 Å². The van der Waals surface area contributed by atoms with Crippen LogP contribution in [0.2, 0.25) is 0 Å². The van der Waals surface area contributed by atoms with Crippen LogP contribution >= 0.6 is 0 Å². The summed E-state index contributed by atoms with van der Waals surface area (Å²) in [5, 5.41) is 2.78. The first-order valence-corrected chi connectivity index (χ1v) is 4.19. The lowest BCUT2D eigenvalue weighted by Crippen LogP contribution is -2.27. The quantitative estimate of drug-likeness (QED) is 0.732. The van der Waals surface area contributed by atoms with Gasteiger partial charge in [-0.15, -0.1) is 0 Å². The van der Waals surface area contributed by atoms with Crippen LogP contribution in [0.5, 0.6) is 0 Å². The molecule has 1 rings (SSSR count). The number of nitrogens with two attached hydrogens (primary N) is 1. The van der Waals surface area contributed by atoms with Crippen molar-refractivity contribution >= 4 is 11.6 Å². The minimum Gasteiger partial charge on any atom is -0.381 e. The number of halogens is 2. The third-order valence-corrected chi connectivity index (χ3v) is 1.45. The normalized spacial score (nSPS) is 11.5. The van der Waals surface area contributed by atoms with Crippen LogP contribution in [0, 0.1) is 11.6 Å². The van der Waals surface area contributed by atoms with Gasteiger partial charge in [0.2, 0.25) is 0 Å². The van der Waals surface area contributed by atoms with E-state index >= 15 is 0 Å². The van der Waals surface area contributed by atoms with Crippen molar-refractivity contribution in [2.45, 2.75) is 26.3 Å². The van der Waals surface area contributed by atoms with Crippen molar-refractivity contribution in [3.05, 3.63) is 17.7 Å². The van der Waals surface area contributed by atoms with Gasteiger partial charge in [0.1, 0.15) is 0 Å². The van der Waals surface area contributed by atoms with E-state index in [0.717, 1.165) is 6.07 Å². The van der Waals surface area contributed by atoms with Crippen LogP contribution in [0.3, 0.4) is 0 Å². The van der Waals surface area contributed by atoms with Gasteiger partial charge in [-0.3, -0.25) is 0 Å². The summed E-state index contributed by atoms with van der Waals surface area (Å²) in [6.07, 6.45) is 0. The highest BCUT2D eigenvalue weighted by Crippen LogP contribution is 2.19. The number of hydrogen-bond acceptors (Lipinski definition) is 3.